The van der Waals surface area contributed by atoms with Crippen molar-refractivity contribution in [2.45, 2.75) is 19.1 Å². The van der Waals surface area contributed by atoms with Gasteiger partial charge in [-0.15, -0.1) is 0 Å². The van der Waals surface area contributed by atoms with Crippen LogP contribution in [0.4, 0.5) is 0 Å². The van der Waals surface area contributed by atoms with Crippen LogP contribution in [0, 0.1) is 0 Å². The molecule has 0 unspecified atom stereocenters. The van der Waals surface area contributed by atoms with E-state index in [0.29, 0.717) is 11.0 Å². The Morgan fingerprint density at radius 1 is 1.78 bits per heavy atom. The molecule has 0 N–H and O–H groups in total. The van der Waals surface area contributed by atoms with Crippen molar-refractivity contribution in [2.24, 2.45) is 0 Å². The summed E-state index contributed by atoms with van der Waals surface area (Å²) in [7, 11) is 0. The Balaban J connectivity index is 3.27. The number of carbonyl (C=O) groups is 1. The molecule has 0 amide bonds. The van der Waals surface area contributed by atoms with Gasteiger partial charge in [0.05, 0.1) is 5.75 Å². The average Bonchev–Trinajstić information content (AvgIpc) is 1.83. The van der Waals surface area contributed by atoms with E-state index >= 15 is 0 Å². The van der Waals surface area contributed by atoms with Crippen molar-refractivity contribution in [3.05, 3.63) is 12.7 Å². The molecule has 0 bridgehead atoms. The average molecular weight is 144 g/mol. The number of hydrogen-bond donors (Lipinski definition) is 0. The van der Waals surface area contributed by atoms with E-state index in [1.165, 1.54) is 6.08 Å². The third-order valence-electron chi connectivity index (χ3n) is 0.787. The Bertz CT molecular complexity index is 107. The summed E-state index contributed by atoms with van der Waals surface area (Å²) in [5.74, 6) is 0.690. The molecule has 0 fully saturated rings. The monoisotopic (exact) mass is 144 g/mol. The molecular formula is C7H12OS. The molecule has 0 saturated carbocycles. The Hall–Kier alpha value is -0.240. The molecule has 0 spiro atoms. The van der Waals surface area contributed by atoms with Crippen LogP contribution in [0.15, 0.2) is 12.7 Å². The van der Waals surface area contributed by atoms with Crippen LogP contribution in [0.3, 0.4) is 0 Å². The minimum Gasteiger partial charge on any atom is -0.294 e. The molecule has 9 heavy (non-hydrogen) atoms. The van der Waals surface area contributed by atoms with Crippen LogP contribution in [-0.2, 0) is 4.79 Å². The highest BCUT2D eigenvalue weighted by molar-refractivity contribution is 8.00. The van der Waals surface area contributed by atoms with Crippen LogP contribution in [-0.4, -0.2) is 16.8 Å². The number of hydrogen-bond acceptors (Lipinski definition) is 2. The SMILES string of the molecule is C=CC(=O)CSC(C)C. The standard InChI is InChI=1S/C7H12OS/c1-4-7(8)5-9-6(2)3/h4,6H,1,5H2,2-3H3. The number of ketones is 1. The molecule has 0 aliphatic carbocycles. The van der Waals surface area contributed by atoms with Gasteiger partial charge in [0.2, 0.25) is 0 Å². The molecule has 0 heterocycles. The van der Waals surface area contributed by atoms with E-state index in [1.54, 1.807) is 11.8 Å². The van der Waals surface area contributed by atoms with Crippen LogP contribution in [0.1, 0.15) is 13.8 Å². The first kappa shape index (κ1) is 8.76. The molecule has 2 heteroatoms. The summed E-state index contributed by atoms with van der Waals surface area (Å²) in [5.41, 5.74) is 0. The van der Waals surface area contributed by atoms with Crippen molar-refractivity contribution < 1.29 is 4.79 Å². The fourth-order valence-electron chi connectivity index (χ4n) is 0.308. The zero-order chi connectivity index (χ0) is 7.28. The topological polar surface area (TPSA) is 17.1 Å². The van der Waals surface area contributed by atoms with E-state index in [1.807, 2.05) is 0 Å². The van der Waals surface area contributed by atoms with E-state index in [2.05, 4.69) is 20.4 Å². The lowest BCUT2D eigenvalue weighted by atomic mass is 10.5. The van der Waals surface area contributed by atoms with E-state index < -0.39 is 0 Å². The van der Waals surface area contributed by atoms with Gasteiger partial charge >= 0.3 is 0 Å². The summed E-state index contributed by atoms with van der Waals surface area (Å²) < 4.78 is 0. The maximum absolute atomic E-state index is 10.6. The number of carbonyl (C=O) groups excluding carboxylic acids is 1. The van der Waals surface area contributed by atoms with Crippen molar-refractivity contribution in [1.82, 2.24) is 0 Å². The fraction of sp³-hybridized carbons (Fsp3) is 0.571. The van der Waals surface area contributed by atoms with Gasteiger partial charge in [0.25, 0.3) is 0 Å². The molecule has 0 aromatic carbocycles. The molecule has 0 aliphatic heterocycles. The van der Waals surface area contributed by atoms with Gasteiger partial charge in [-0.05, 0) is 11.3 Å². The fourth-order valence-corrected chi connectivity index (χ4v) is 0.923. The zero-order valence-electron chi connectivity index (χ0n) is 5.89. The van der Waals surface area contributed by atoms with E-state index in [4.69, 9.17) is 0 Å². The Morgan fingerprint density at radius 3 is 2.67 bits per heavy atom. The lowest BCUT2D eigenvalue weighted by Gasteiger charge is -1.99. The molecule has 0 radical (unpaired) electrons. The summed E-state index contributed by atoms with van der Waals surface area (Å²) in [4.78, 5) is 10.6. The number of allylic oxidation sites excluding steroid dienone is 1. The van der Waals surface area contributed by atoms with Crippen LogP contribution in [0.25, 0.3) is 0 Å². The molecular weight excluding hydrogens is 132 g/mol. The smallest absolute Gasteiger partial charge is 0.164 e. The van der Waals surface area contributed by atoms with Gasteiger partial charge in [0, 0.05) is 0 Å². The van der Waals surface area contributed by atoms with E-state index in [0.717, 1.165) is 0 Å². The lowest BCUT2D eigenvalue weighted by molar-refractivity contribution is -0.112. The highest BCUT2D eigenvalue weighted by atomic mass is 32.2. The van der Waals surface area contributed by atoms with Crippen LogP contribution < -0.4 is 0 Å². The summed E-state index contributed by atoms with van der Waals surface area (Å²) in [6, 6.07) is 0. The summed E-state index contributed by atoms with van der Waals surface area (Å²) in [6.07, 6.45) is 1.37. The van der Waals surface area contributed by atoms with Gasteiger partial charge in [-0.1, -0.05) is 20.4 Å². The van der Waals surface area contributed by atoms with Crippen LogP contribution in [0.5, 0.6) is 0 Å². The van der Waals surface area contributed by atoms with E-state index in [-0.39, 0.29) is 5.78 Å². The van der Waals surface area contributed by atoms with Crippen molar-refractivity contribution in [3.63, 3.8) is 0 Å². The first-order valence-corrected chi connectivity index (χ1v) is 3.98. The Labute approximate surface area is 60.5 Å². The summed E-state index contributed by atoms with van der Waals surface area (Å²) in [5, 5.41) is 0.536. The molecule has 52 valence electrons. The molecule has 0 saturated heterocycles. The van der Waals surface area contributed by atoms with Gasteiger partial charge in [0.1, 0.15) is 0 Å². The zero-order valence-corrected chi connectivity index (χ0v) is 6.70. The second-order valence-electron chi connectivity index (χ2n) is 2.03. The van der Waals surface area contributed by atoms with Crippen molar-refractivity contribution >= 4 is 17.5 Å². The molecule has 0 aromatic heterocycles. The molecule has 0 atom stereocenters. The third-order valence-corrected chi connectivity index (χ3v) is 1.90. The molecule has 0 aliphatic rings. The molecule has 1 nitrogen and oxygen atoms in total. The van der Waals surface area contributed by atoms with Gasteiger partial charge in [-0.3, -0.25) is 4.79 Å². The normalized spacial score (nSPS) is 9.67. The largest absolute Gasteiger partial charge is 0.294 e. The Morgan fingerprint density at radius 2 is 2.33 bits per heavy atom. The minimum atomic E-state index is 0.119. The predicted octanol–water partition coefficient (Wildman–Crippen LogP) is 1.88. The minimum absolute atomic E-state index is 0.119. The third kappa shape index (κ3) is 5.63. The van der Waals surface area contributed by atoms with Crippen LogP contribution >= 0.6 is 11.8 Å². The second-order valence-corrected chi connectivity index (χ2v) is 3.60. The first-order chi connectivity index (χ1) is 4.16. The van der Waals surface area contributed by atoms with Gasteiger partial charge in [-0.2, -0.15) is 11.8 Å². The predicted molar refractivity (Wildman–Crippen MR) is 42.8 cm³/mol. The summed E-state index contributed by atoms with van der Waals surface area (Å²) >= 11 is 1.64. The van der Waals surface area contributed by atoms with Crippen molar-refractivity contribution in [2.75, 3.05) is 5.75 Å². The van der Waals surface area contributed by atoms with E-state index in [9.17, 15) is 4.79 Å². The maximum atomic E-state index is 10.6. The lowest BCUT2D eigenvalue weighted by Crippen LogP contribution is -1.99. The highest BCUT2D eigenvalue weighted by Crippen LogP contribution is 2.08. The van der Waals surface area contributed by atoms with Crippen molar-refractivity contribution in [1.29, 1.82) is 0 Å². The quantitative estimate of drug-likeness (QED) is 0.560. The Kier molecular flexibility index (Phi) is 4.50. The first-order valence-electron chi connectivity index (χ1n) is 2.93. The summed E-state index contributed by atoms with van der Waals surface area (Å²) in [6.45, 7) is 7.52. The van der Waals surface area contributed by atoms with Crippen molar-refractivity contribution in [3.8, 4) is 0 Å². The maximum Gasteiger partial charge on any atom is 0.164 e. The van der Waals surface area contributed by atoms with Gasteiger partial charge in [0.15, 0.2) is 5.78 Å². The molecule has 0 aromatic rings. The number of rotatable bonds is 4. The molecule has 0 rings (SSSR count). The van der Waals surface area contributed by atoms with Gasteiger partial charge < -0.3 is 0 Å². The van der Waals surface area contributed by atoms with Gasteiger partial charge in [-0.25, -0.2) is 0 Å². The highest BCUT2D eigenvalue weighted by Gasteiger charge is 1.97. The second kappa shape index (κ2) is 4.62. The number of thioether (sulfide) groups is 1. The van der Waals surface area contributed by atoms with Crippen LogP contribution in [0.2, 0.25) is 0 Å².